The topological polar surface area (TPSA) is 51.0 Å². The van der Waals surface area contributed by atoms with Gasteiger partial charge in [0.15, 0.2) is 0 Å². The number of nitrogens with two attached hydrogens (primary N) is 1. The highest BCUT2D eigenvalue weighted by Crippen LogP contribution is 2.41. The number of hydrogen-bond acceptors (Lipinski definition) is 2. The monoisotopic (exact) mass is 342 g/mol. The fourth-order valence-corrected chi connectivity index (χ4v) is 3.95. The molecule has 0 aliphatic heterocycles. The molecule has 1 atom stereocenters. The zero-order chi connectivity index (χ0) is 15.9. The van der Waals surface area contributed by atoms with Crippen LogP contribution in [0.15, 0.2) is 48.5 Å². The number of H-pyrrole nitrogens is 1. The Hall–Kier alpha value is -1.97. The lowest BCUT2D eigenvalue weighted by molar-refractivity contribution is 0.380. The van der Waals surface area contributed by atoms with Gasteiger partial charge in [0.25, 0.3) is 0 Å². The molecule has 1 aliphatic carbocycles. The standard InChI is InChI=1S/C20H22N2O.ClH/c1-23-15-7-8-18-16(11-15)17-12-20(13-21,10-9-19(17)22-18)14-5-3-2-4-6-14;/h2-8,11,22H,9-10,12-13,21H2,1H3;1H. The molecule has 0 saturated carbocycles. The molecule has 0 bridgehead atoms. The minimum Gasteiger partial charge on any atom is -0.497 e. The van der Waals surface area contributed by atoms with E-state index < -0.39 is 0 Å². The lowest BCUT2D eigenvalue weighted by Gasteiger charge is -2.37. The van der Waals surface area contributed by atoms with Gasteiger partial charge < -0.3 is 15.5 Å². The van der Waals surface area contributed by atoms with Gasteiger partial charge in [-0.1, -0.05) is 30.3 Å². The molecule has 0 spiro atoms. The second kappa shape index (κ2) is 6.50. The van der Waals surface area contributed by atoms with E-state index in [9.17, 15) is 0 Å². The van der Waals surface area contributed by atoms with Crippen LogP contribution in [0.3, 0.4) is 0 Å². The fraction of sp³-hybridized carbons (Fsp3) is 0.300. The van der Waals surface area contributed by atoms with Crippen molar-refractivity contribution in [3.63, 3.8) is 0 Å². The fourth-order valence-electron chi connectivity index (χ4n) is 3.95. The van der Waals surface area contributed by atoms with Gasteiger partial charge >= 0.3 is 0 Å². The Balaban J connectivity index is 0.00000169. The summed E-state index contributed by atoms with van der Waals surface area (Å²) >= 11 is 0. The highest BCUT2D eigenvalue weighted by Gasteiger charge is 2.36. The van der Waals surface area contributed by atoms with Crippen LogP contribution < -0.4 is 10.5 Å². The lowest BCUT2D eigenvalue weighted by atomic mass is 9.68. The van der Waals surface area contributed by atoms with Crippen molar-refractivity contribution >= 4 is 23.3 Å². The molecule has 4 rings (SSSR count). The summed E-state index contributed by atoms with van der Waals surface area (Å²) in [4.78, 5) is 3.58. The quantitative estimate of drug-likeness (QED) is 0.756. The number of halogens is 1. The maximum atomic E-state index is 6.26. The number of methoxy groups -OCH3 is 1. The van der Waals surface area contributed by atoms with Gasteiger partial charge in [0, 0.05) is 28.6 Å². The van der Waals surface area contributed by atoms with Gasteiger partial charge in [0.05, 0.1) is 7.11 Å². The third kappa shape index (κ3) is 2.58. The van der Waals surface area contributed by atoms with Crippen LogP contribution in [0.25, 0.3) is 10.9 Å². The van der Waals surface area contributed by atoms with Crippen molar-refractivity contribution in [1.82, 2.24) is 4.98 Å². The number of aromatic amines is 1. The van der Waals surface area contributed by atoms with Crippen LogP contribution in [0.4, 0.5) is 0 Å². The number of aryl methyl sites for hydroxylation is 1. The predicted molar refractivity (Wildman–Crippen MR) is 101 cm³/mol. The Bertz CT molecular complexity index is 843. The van der Waals surface area contributed by atoms with E-state index >= 15 is 0 Å². The number of nitrogens with one attached hydrogen (secondary N) is 1. The Morgan fingerprint density at radius 2 is 1.96 bits per heavy atom. The summed E-state index contributed by atoms with van der Waals surface area (Å²) in [5.41, 5.74) is 11.6. The minimum absolute atomic E-state index is 0. The molecular weight excluding hydrogens is 320 g/mol. The van der Waals surface area contributed by atoms with Gasteiger partial charge in [0.1, 0.15) is 5.75 Å². The summed E-state index contributed by atoms with van der Waals surface area (Å²) < 4.78 is 5.41. The van der Waals surface area contributed by atoms with Crippen LogP contribution in [0, 0.1) is 0 Å². The third-order valence-electron chi connectivity index (χ3n) is 5.35. The van der Waals surface area contributed by atoms with Crippen molar-refractivity contribution in [2.75, 3.05) is 13.7 Å². The van der Waals surface area contributed by atoms with Crippen molar-refractivity contribution in [3.8, 4) is 5.75 Å². The molecule has 24 heavy (non-hydrogen) atoms. The Morgan fingerprint density at radius 1 is 1.17 bits per heavy atom. The second-order valence-electron chi connectivity index (χ2n) is 6.52. The molecule has 1 heterocycles. The molecule has 0 fully saturated rings. The van der Waals surface area contributed by atoms with Crippen LogP contribution in [-0.2, 0) is 18.3 Å². The number of benzene rings is 2. The van der Waals surface area contributed by atoms with E-state index in [1.165, 1.54) is 27.7 Å². The average Bonchev–Trinajstić information content (AvgIpc) is 2.99. The summed E-state index contributed by atoms with van der Waals surface area (Å²) in [7, 11) is 1.72. The molecule has 2 aromatic carbocycles. The van der Waals surface area contributed by atoms with Gasteiger partial charge in [-0.05, 0) is 48.6 Å². The zero-order valence-electron chi connectivity index (χ0n) is 13.8. The first-order valence-corrected chi connectivity index (χ1v) is 8.19. The third-order valence-corrected chi connectivity index (χ3v) is 5.35. The largest absolute Gasteiger partial charge is 0.497 e. The summed E-state index contributed by atoms with van der Waals surface area (Å²) in [5, 5.41) is 1.27. The molecule has 4 heteroatoms. The lowest BCUT2D eigenvalue weighted by Crippen LogP contribution is -2.40. The maximum Gasteiger partial charge on any atom is 0.119 e. The van der Waals surface area contributed by atoms with Crippen molar-refractivity contribution in [2.24, 2.45) is 5.73 Å². The van der Waals surface area contributed by atoms with E-state index in [-0.39, 0.29) is 17.8 Å². The van der Waals surface area contributed by atoms with Crippen LogP contribution >= 0.6 is 12.4 Å². The first-order valence-electron chi connectivity index (χ1n) is 8.19. The van der Waals surface area contributed by atoms with Crippen LogP contribution in [-0.4, -0.2) is 18.6 Å². The van der Waals surface area contributed by atoms with E-state index in [1.807, 2.05) is 6.07 Å². The molecular formula is C20H23ClN2O. The van der Waals surface area contributed by atoms with Gasteiger partial charge in [-0.15, -0.1) is 12.4 Å². The van der Waals surface area contributed by atoms with Crippen molar-refractivity contribution < 1.29 is 4.74 Å². The number of ether oxygens (including phenoxy) is 1. The molecule has 1 unspecified atom stereocenters. The van der Waals surface area contributed by atoms with E-state index in [4.69, 9.17) is 10.5 Å². The number of aromatic nitrogens is 1. The van der Waals surface area contributed by atoms with Gasteiger partial charge in [-0.25, -0.2) is 0 Å². The van der Waals surface area contributed by atoms with E-state index in [1.54, 1.807) is 7.11 Å². The first-order chi connectivity index (χ1) is 11.3. The molecule has 1 aromatic heterocycles. The molecule has 0 saturated heterocycles. The van der Waals surface area contributed by atoms with Crippen LogP contribution in [0.2, 0.25) is 0 Å². The highest BCUT2D eigenvalue weighted by atomic mass is 35.5. The van der Waals surface area contributed by atoms with Gasteiger partial charge in [0.2, 0.25) is 0 Å². The van der Waals surface area contributed by atoms with E-state index in [0.717, 1.165) is 25.0 Å². The normalized spacial score (nSPS) is 19.6. The Morgan fingerprint density at radius 3 is 2.67 bits per heavy atom. The smallest absolute Gasteiger partial charge is 0.119 e. The van der Waals surface area contributed by atoms with Crippen LogP contribution in [0.1, 0.15) is 23.2 Å². The predicted octanol–water partition coefficient (Wildman–Crippen LogP) is 3.98. The number of rotatable bonds is 3. The highest BCUT2D eigenvalue weighted by molar-refractivity contribution is 5.86. The van der Waals surface area contributed by atoms with Crippen molar-refractivity contribution in [3.05, 3.63) is 65.4 Å². The van der Waals surface area contributed by atoms with Crippen LogP contribution in [0.5, 0.6) is 5.75 Å². The molecule has 3 nitrogen and oxygen atoms in total. The molecule has 126 valence electrons. The SMILES string of the molecule is COc1ccc2[nH]c3c(c2c1)CC(CN)(c1ccccc1)CC3.Cl. The Labute approximate surface area is 148 Å². The van der Waals surface area contributed by atoms with E-state index in [0.29, 0.717) is 6.54 Å². The molecule has 0 amide bonds. The molecule has 3 N–H and O–H groups in total. The Kier molecular flexibility index (Phi) is 4.57. The second-order valence-corrected chi connectivity index (χ2v) is 6.52. The molecule has 0 radical (unpaired) electrons. The summed E-state index contributed by atoms with van der Waals surface area (Å²) in [5.74, 6) is 0.905. The number of hydrogen-bond donors (Lipinski definition) is 2. The maximum absolute atomic E-state index is 6.26. The first kappa shape index (κ1) is 16.9. The molecule has 1 aliphatic rings. The van der Waals surface area contributed by atoms with Gasteiger partial charge in [-0.2, -0.15) is 0 Å². The number of fused-ring (bicyclic) bond motifs is 3. The molecule has 3 aromatic rings. The summed E-state index contributed by atoms with van der Waals surface area (Å²) in [6, 6.07) is 17.0. The van der Waals surface area contributed by atoms with Gasteiger partial charge in [-0.3, -0.25) is 0 Å². The average molecular weight is 343 g/mol. The zero-order valence-corrected chi connectivity index (χ0v) is 14.7. The van der Waals surface area contributed by atoms with Crippen molar-refractivity contribution in [2.45, 2.75) is 24.7 Å². The summed E-state index contributed by atoms with van der Waals surface area (Å²) in [6.45, 7) is 0.674. The van der Waals surface area contributed by atoms with Crippen molar-refractivity contribution in [1.29, 1.82) is 0 Å². The van der Waals surface area contributed by atoms with E-state index in [2.05, 4.69) is 47.4 Å². The minimum atomic E-state index is 0. The summed E-state index contributed by atoms with van der Waals surface area (Å²) in [6.07, 6.45) is 3.11.